The van der Waals surface area contributed by atoms with Crippen LogP contribution in [0.4, 0.5) is 11.8 Å². The summed E-state index contributed by atoms with van der Waals surface area (Å²) in [6.45, 7) is 4.02. The van der Waals surface area contributed by atoms with Gasteiger partial charge in [0.15, 0.2) is 0 Å². The average molecular weight is 297 g/mol. The SMILES string of the molecule is Cc1ccc([C@@H]2CN(c3ccnc(N)n3)C[C@H]2N(C)C)cc1. The quantitative estimate of drug-likeness (QED) is 0.937. The Morgan fingerprint density at radius 2 is 1.86 bits per heavy atom. The zero-order valence-corrected chi connectivity index (χ0v) is 13.4. The third kappa shape index (κ3) is 2.90. The van der Waals surface area contributed by atoms with Crippen molar-refractivity contribution in [2.75, 3.05) is 37.8 Å². The molecular weight excluding hydrogens is 274 g/mol. The van der Waals surface area contributed by atoms with Crippen LogP contribution in [-0.2, 0) is 0 Å². The third-order valence-electron chi connectivity index (χ3n) is 4.44. The second-order valence-corrected chi connectivity index (χ2v) is 6.23. The highest BCUT2D eigenvalue weighted by Gasteiger charge is 2.35. The van der Waals surface area contributed by atoms with Crippen molar-refractivity contribution >= 4 is 11.8 Å². The van der Waals surface area contributed by atoms with Crippen LogP contribution in [0.1, 0.15) is 17.0 Å². The number of benzene rings is 1. The highest BCUT2D eigenvalue weighted by molar-refractivity contribution is 5.45. The molecule has 2 aromatic rings. The molecule has 22 heavy (non-hydrogen) atoms. The van der Waals surface area contributed by atoms with Gasteiger partial charge < -0.3 is 15.5 Å². The lowest BCUT2D eigenvalue weighted by Gasteiger charge is -2.25. The summed E-state index contributed by atoms with van der Waals surface area (Å²) in [4.78, 5) is 12.9. The van der Waals surface area contributed by atoms with Crippen LogP contribution >= 0.6 is 0 Å². The van der Waals surface area contributed by atoms with Crippen LogP contribution in [0.25, 0.3) is 0 Å². The van der Waals surface area contributed by atoms with Gasteiger partial charge in [-0.05, 0) is 32.6 Å². The zero-order valence-electron chi connectivity index (χ0n) is 13.4. The van der Waals surface area contributed by atoms with Gasteiger partial charge in [-0.2, -0.15) is 4.98 Å². The van der Waals surface area contributed by atoms with Crippen LogP contribution in [-0.4, -0.2) is 48.1 Å². The minimum absolute atomic E-state index is 0.331. The largest absolute Gasteiger partial charge is 0.368 e. The number of aromatic nitrogens is 2. The Bertz CT molecular complexity index is 638. The second kappa shape index (κ2) is 5.93. The third-order valence-corrected chi connectivity index (χ3v) is 4.44. The van der Waals surface area contributed by atoms with Crippen molar-refractivity contribution in [3.8, 4) is 0 Å². The number of nitrogens with two attached hydrogens (primary N) is 1. The van der Waals surface area contributed by atoms with Crippen molar-refractivity contribution in [1.29, 1.82) is 0 Å². The zero-order chi connectivity index (χ0) is 15.7. The molecule has 116 valence electrons. The highest BCUT2D eigenvalue weighted by atomic mass is 15.3. The number of aryl methyl sites for hydroxylation is 1. The van der Waals surface area contributed by atoms with E-state index >= 15 is 0 Å². The Morgan fingerprint density at radius 1 is 1.14 bits per heavy atom. The average Bonchev–Trinajstić information content (AvgIpc) is 2.93. The molecule has 1 aromatic heterocycles. The van der Waals surface area contributed by atoms with Gasteiger partial charge in [0, 0.05) is 31.2 Å². The first-order valence-electron chi connectivity index (χ1n) is 7.61. The van der Waals surface area contributed by atoms with Crippen molar-refractivity contribution in [3.63, 3.8) is 0 Å². The van der Waals surface area contributed by atoms with Crippen LogP contribution in [0.15, 0.2) is 36.5 Å². The van der Waals surface area contributed by atoms with E-state index in [-0.39, 0.29) is 0 Å². The summed E-state index contributed by atoms with van der Waals surface area (Å²) in [6, 6.07) is 11.3. The molecule has 2 N–H and O–H groups in total. The van der Waals surface area contributed by atoms with Gasteiger partial charge in [-0.3, -0.25) is 0 Å². The fourth-order valence-electron chi connectivity index (χ4n) is 3.18. The molecule has 0 bridgehead atoms. The van der Waals surface area contributed by atoms with Crippen molar-refractivity contribution < 1.29 is 0 Å². The van der Waals surface area contributed by atoms with E-state index in [9.17, 15) is 0 Å². The molecule has 0 radical (unpaired) electrons. The second-order valence-electron chi connectivity index (χ2n) is 6.23. The normalized spacial score (nSPS) is 21.5. The summed E-state index contributed by atoms with van der Waals surface area (Å²) in [7, 11) is 4.29. The van der Waals surface area contributed by atoms with Crippen molar-refractivity contribution in [2.24, 2.45) is 0 Å². The molecule has 0 amide bonds. The van der Waals surface area contributed by atoms with E-state index in [4.69, 9.17) is 5.73 Å². The summed E-state index contributed by atoms with van der Waals surface area (Å²) in [5, 5.41) is 0. The standard InChI is InChI=1S/C17H23N5/c1-12-4-6-13(7-5-12)14-10-22(11-15(14)21(2)3)16-8-9-19-17(18)20-16/h4-9,14-15H,10-11H2,1-3H3,(H2,18,19,20)/t14-,15+/m0/s1. The van der Waals surface area contributed by atoms with Gasteiger partial charge >= 0.3 is 0 Å². The molecule has 5 nitrogen and oxygen atoms in total. The predicted molar refractivity (Wildman–Crippen MR) is 90.1 cm³/mol. The van der Waals surface area contributed by atoms with E-state index in [1.54, 1.807) is 6.20 Å². The van der Waals surface area contributed by atoms with E-state index in [1.165, 1.54) is 11.1 Å². The van der Waals surface area contributed by atoms with Gasteiger partial charge in [0.05, 0.1) is 0 Å². The Labute approximate surface area is 131 Å². The summed E-state index contributed by atoms with van der Waals surface area (Å²) >= 11 is 0. The molecule has 1 aromatic carbocycles. The Balaban J connectivity index is 1.88. The van der Waals surface area contributed by atoms with Crippen molar-refractivity contribution in [3.05, 3.63) is 47.7 Å². The predicted octanol–water partition coefficient (Wildman–Crippen LogP) is 1.90. The van der Waals surface area contributed by atoms with Crippen molar-refractivity contribution in [2.45, 2.75) is 18.9 Å². The Hall–Kier alpha value is -2.14. The Morgan fingerprint density at radius 3 is 2.50 bits per heavy atom. The number of nitrogen functional groups attached to an aromatic ring is 1. The Kier molecular flexibility index (Phi) is 3.98. The van der Waals surface area contributed by atoms with Crippen LogP contribution < -0.4 is 10.6 Å². The summed E-state index contributed by atoms with van der Waals surface area (Å²) in [5.74, 6) is 1.71. The number of hydrogen-bond donors (Lipinski definition) is 1. The number of anilines is 2. The minimum Gasteiger partial charge on any atom is -0.368 e. The molecule has 1 aliphatic heterocycles. The number of rotatable bonds is 3. The lowest BCUT2D eigenvalue weighted by Crippen LogP contribution is -2.34. The van der Waals surface area contributed by atoms with E-state index in [0.717, 1.165) is 18.9 Å². The molecule has 0 saturated carbocycles. The summed E-state index contributed by atoms with van der Waals surface area (Å²) < 4.78 is 0. The van der Waals surface area contributed by atoms with Gasteiger partial charge in [-0.25, -0.2) is 4.98 Å². The van der Waals surface area contributed by atoms with E-state index in [0.29, 0.717) is 17.9 Å². The van der Waals surface area contributed by atoms with Gasteiger partial charge in [-0.1, -0.05) is 29.8 Å². The van der Waals surface area contributed by atoms with Gasteiger partial charge in [0.25, 0.3) is 0 Å². The molecule has 0 spiro atoms. The van der Waals surface area contributed by atoms with Crippen molar-refractivity contribution in [1.82, 2.24) is 14.9 Å². The van der Waals surface area contributed by atoms with Crippen LogP contribution in [0, 0.1) is 6.92 Å². The highest BCUT2D eigenvalue weighted by Crippen LogP contribution is 2.32. The van der Waals surface area contributed by atoms with Crippen LogP contribution in [0.5, 0.6) is 0 Å². The van der Waals surface area contributed by atoms with E-state index < -0.39 is 0 Å². The molecule has 1 fully saturated rings. The fraction of sp³-hybridized carbons (Fsp3) is 0.412. The van der Waals surface area contributed by atoms with Gasteiger partial charge in [-0.15, -0.1) is 0 Å². The molecule has 5 heteroatoms. The van der Waals surface area contributed by atoms with Gasteiger partial charge in [0.2, 0.25) is 5.95 Å². The van der Waals surface area contributed by atoms with E-state index in [2.05, 4.69) is 65.1 Å². The summed E-state index contributed by atoms with van der Waals surface area (Å²) in [5.41, 5.74) is 8.40. The first-order valence-corrected chi connectivity index (χ1v) is 7.61. The monoisotopic (exact) mass is 297 g/mol. The minimum atomic E-state index is 0.331. The molecule has 2 atom stereocenters. The first-order chi connectivity index (χ1) is 10.5. The number of nitrogens with zero attached hydrogens (tertiary/aromatic N) is 4. The maximum Gasteiger partial charge on any atom is 0.221 e. The molecule has 1 aliphatic rings. The fourth-order valence-corrected chi connectivity index (χ4v) is 3.18. The molecule has 0 aliphatic carbocycles. The molecular formula is C17H23N5. The lowest BCUT2D eigenvalue weighted by atomic mass is 9.93. The molecule has 2 heterocycles. The number of hydrogen-bond acceptors (Lipinski definition) is 5. The van der Waals surface area contributed by atoms with E-state index in [1.807, 2.05) is 6.07 Å². The molecule has 1 saturated heterocycles. The molecule has 3 rings (SSSR count). The summed E-state index contributed by atoms with van der Waals surface area (Å²) in [6.07, 6.45) is 1.72. The maximum atomic E-state index is 5.72. The lowest BCUT2D eigenvalue weighted by molar-refractivity contribution is 0.292. The first kappa shape index (κ1) is 14.8. The maximum absolute atomic E-state index is 5.72. The van der Waals surface area contributed by atoms with Crippen LogP contribution in [0.3, 0.4) is 0 Å². The smallest absolute Gasteiger partial charge is 0.221 e. The number of likely N-dealkylation sites (N-methyl/N-ethyl adjacent to an activating group) is 1. The van der Waals surface area contributed by atoms with Crippen LogP contribution in [0.2, 0.25) is 0 Å². The van der Waals surface area contributed by atoms with Gasteiger partial charge in [0.1, 0.15) is 5.82 Å². The molecule has 0 unspecified atom stereocenters. The topological polar surface area (TPSA) is 58.3 Å².